The zero-order chi connectivity index (χ0) is 19.9. The smallest absolute Gasteiger partial charge is 0.373 e. The summed E-state index contributed by atoms with van der Waals surface area (Å²) in [5.41, 5.74) is 3.23. The number of phenols is 1. The molecule has 0 bridgehead atoms. The Morgan fingerprint density at radius 1 is 1.12 bits per heavy atom. The summed E-state index contributed by atoms with van der Waals surface area (Å²) in [5.74, 6) is 1.74. The van der Waals surface area contributed by atoms with Crippen molar-refractivity contribution in [2.75, 3.05) is 7.05 Å². The Hall–Kier alpha value is -3.11. The number of ether oxygens (including phenoxy) is 1. The first kappa shape index (κ1) is 20.9. The third kappa shape index (κ3) is 5.19. The van der Waals surface area contributed by atoms with Gasteiger partial charge in [-0.2, -0.15) is 9.59 Å². The first-order valence-electron chi connectivity index (χ1n) is 8.08. The highest BCUT2D eigenvalue weighted by Crippen LogP contribution is 2.33. The highest BCUT2D eigenvalue weighted by atomic mass is 16.5. The van der Waals surface area contributed by atoms with E-state index in [2.05, 4.69) is 5.32 Å². The van der Waals surface area contributed by atoms with E-state index in [1.165, 1.54) is 0 Å². The molecular weight excluding hydrogens is 334 g/mol. The van der Waals surface area contributed by atoms with E-state index in [0.717, 1.165) is 16.7 Å². The normalized spacial score (nSPS) is 9.77. The molecule has 0 spiro atoms. The molecule has 0 aliphatic rings. The maximum Gasteiger partial charge on any atom is 0.373 e. The summed E-state index contributed by atoms with van der Waals surface area (Å²) in [6.07, 6.45) is 0.250. The van der Waals surface area contributed by atoms with Crippen molar-refractivity contribution in [3.63, 3.8) is 0 Å². The molecule has 0 aliphatic heterocycles. The van der Waals surface area contributed by atoms with Gasteiger partial charge in [0, 0.05) is 18.2 Å². The van der Waals surface area contributed by atoms with Crippen molar-refractivity contribution < 1.29 is 24.2 Å². The molecule has 0 saturated heterocycles. The topological polar surface area (TPSA) is 92.7 Å². The zero-order valence-electron chi connectivity index (χ0n) is 15.5. The number of amides is 1. The predicted octanol–water partition coefficient (Wildman–Crippen LogP) is 3.70. The van der Waals surface area contributed by atoms with Crippen LogP contribution in [0.4, 0.5) is 0 Å². The van der Waals surface area contributed by atoms with Crippen molar-refractivity contribution in [3.8, 4) is 17.2 Å². The van der Waals surface area contributed by atoms with Crippen molar-refractivity contribution in [2.45, 2.75) is 33.6 Å². The van der Waals surface area contributed by atoms with Gasteiger partial charge in [-0.3, -0.25) is 4.79 Å². The number of aromatic hydroxyl groups is 1. The van der Waals surface area contributed by atoms with Crippen LogP contribution in [-0.2, 0) is 9.59 Å². The van der Waals surface area contributed by atoms with Crippen LogP contribution in [0.15, 0.2) is 30.3 Å². The Labute approximate surface area is 152 Å². The summed E-state index contributed by atoms with van der Waals surface area (Å²) in [6, 6.07) is 8.92. The first-order chi connectivity index (χ1) is 12.2. The van der Waals surface area contributed by atoms with Gasteiger partial charge in [-0.05, 0) is 61.2 Å². The monoisotopic (exact) mass is 357 g/mol. The summed E-state index contributed by atoms with van der Waals surface area (Å²) in [5, 5.41) is 12.5. The summed E-state index contributed by atoms with van der Waals surface area (Å²) in [4.78, 5) is 28.1. The number of nitrogens with one attached hydrogen (secondary N) is 1. The maximum absolute atomic E-state index is 11.8. The molecule has 0 unspecified atom stereocenters. The van der Waals surface area contributed by atoms with Crippen molar-refractivity contribution in [1.82, 2.24) is 5.32 Å². The van der Waals surface area contributed by atoms with Gasteiger partial charge in [0.2, 0.25) is 0 Å². The Balaban J connectivity index is 0.00000105. The minimum Gasteiger partial charge on any atom is -0.508 e. The molecule has 2 N–H and O–H groups in total. The minimum atomic E-state index is -0.108. The molecule has 138 valence electrons. The average Bonchev–Trinajstić information content (AvgIpc) is 2.59. The Morgan fingerprint density at radius 3 is 2.27 bits per heavy atom. The predicted molar refractivity (Wildman–Crippen MR) is 96.6 cm³/mol. The quantitative estimate of drug-likeness (QED) is 0.870. The molecule has 0 aliphatic carbocycles. The molecule has 0 radical (unpaired) electrons. The summed E-state index contributed by atoms with van der Waals surface area (Å²) < 4.78 is 5.96. The average molecular weight is 357 g/mol. The SMILES string of the molecule is CNC(=O)c1cc(C)c(Oc2ccc(O)c(C(C)C)c2)cc1C.O=C=O. The van der Waals surface area contributed by atoms with E-state index in [1.807, 2.05) is 45.9 Å². The number of phenolic OH excluding ortho intramolecular Hbond substituents is 1. The van der Waals surface area contributed by atoms with Gasteiger partial charge in [0.15, 0.2) is 0 Å². The molecule has 0 aromatic heterocycles. The molecule has 2 rings (SSSR count). The van der Waals surface area contributed by atoms with E-state index in [9.17, 15) is 9.90 Å². The van der Waals surface area contributed by atoms with Crippen LogP contribution in [0.2, 0.25) is 0 Å². The van der Waals surface area contributed by atoms with Crippen LogP contribution in [0.3, 0.4) is 0 Å². The van der Waals surface area contributed by atoms with E-state index in [-0.39, 0.29) is 23.7 Å². The minimum absolute atomic E-state index is 0.108. The molecule has 6 nitrogen and oxygen atoms in total. The second-order valence-corrected chi connectivity index (χ2v) is 6.07. The lowest BCUT2D eigenvalue weighted by Crippen LogP contribution is -2.19. The Kier molecular flexibility index (Phi) is 7.56. The van der Waals surface area contributed by atoms with Crippen molar-refractivity contribution in [3.05, 3.63) is 52.6 Å². The molecule has 0 heterocycles. The Bertz CT molecular complexity index is 821. The number of carbonyl (C=O) groups excluding carboxylic acids is 3. The highest BCUT2D eigenvalue weighted by molar-refractivity contribution is 5.95. The van der Waals surface area contributed by atoms with Crippen molar-refractivity contribution >= 4 is 12.1 Å². The molecule has 2 aromatic carbocycles. The lowest BCUT2D eigenvalue weighted by atomic mass is 10.0. The summed E-state index contributed by atoms with van der Waals surface area (Å²) >= 11 is 0. The van der Waals surface area contributed by atoms with Gasteiger partial charge in [0.1, 0.15) is 17.2 Å². The van der Waals surface area contributed by atoms with E-state index in [0.29, 0.717) is 17.1 Å². The molecule has 0 saturated carbocycles. The van der Waals surface area contributed by atoms with Crippen LogP contribution >= 0.6 is 0 Å². The lowest BCUT2D eigenvalue weighted by molar-refractivity contribution is -0.191. The van der Waals surface area contributed by atoms with Gasteiger partial charge in [-0.25, -0.2) is 0 Å². The third-order valence-electron chi connectivity index (χ3n) is 3.84. The van der Waals surface area contributed by atoms with Crippen LogP contribution in [0, 0.1) is 13.8 Å². The van der Waals surface area contributed by atoms with Gasteiger partial charge in [0.05, 0.1) is 0 Å². The molecular formula is C20H23NO5. The zero-order valence-corrected chi connectivity index (χ0v) is 15.5. The van der Waals surface area contributed by atoms with E-state index in [1.54, 1.807) is 19.2 Å². The van der Waals surface area contributed by atoms with Crippen LogP contribution in [-0.4, -0.2) is 24.2 Å². The highest BCUT2D eigenvalue weighted by Gasteiger charge is 2.13. The second-order valence-electron chi connectivity index (χ2n) is 6.07. The second kappa shape index (κ2) is 9.39. The van der Waals surface area contributed by atoms with E-state index in [4.69, 9.17) is 14.3 Å². The fourth-order valence-corrected chi connectivity index (χ4v) is 2.46. The van der Waals surface area contributed by atoms with Crippen LogP contribution in [0.25, 0.3) is 0 Å². The molecule has 2 aromatic rings. The third-order valence-corrected chi connectivity index (χ3v) is 3.84. The molecule has 0 atom stereocenters. The largest absolute Gasteiger partial charge is 0.508 e. The number of hydrogen-bond acceptors (Lipinski definition) is 5. The summed E-state index contributed by atoms with van der Waals surface area (Å²) in [7, 11) is 1.62. The van der Waals surface area contributed by atoms with E-state index < -0.39 is 0 Å². The van der Waals surface area contributed by atoms with Gasteiger partial charge in [-0.1, -0.05) is 13.8 Å². The molecule has 0 fully saturated rings. The van der Waals surface area contributed by atoms with Crippen molar-refractivity contribution in [2.24, 2.45) is 0 Å². The van der Waals surface area contributed by atoms with E-state index >= 15 is 0 Å². The fourth-order valence-electron chi connectivity index (χ4n) is 2.46. The van der Waals surface area contributed by atoms with Crippen LogP contribution in [0.5, 0.6) is 17.2 Å². The molecule has 1 amide bonds. The number of aryl methyl sites for hydroxylation is 2. The van der Waals surface area contributed by atoms with Gasteiger partial charge < -0.3 is 15.2 Å². The molecule has 6 heteroatoms. The Morgan fingerprint density at radius 2 is 1.73 bits per heavy atom. The standard InChI is InChI=1S/C19H23NO3.CO2/c1-11(2)15-10-14(6-7-17(15)21)23-18-9-12(3)16(8-13(18)4)19(22)20-5;2-1-3/h6-11,21H,1-5H3,(H,20,22);. The lowest BCUT2D eigenvalue weighted by Gasteiger charge is -2.15. The van der Waals surface area contributed by atoms with Gasteiger partial charge in [-0.15, -0.1) is 0 Å². The first-order valence-corrected chi connectivity index (χ1v) is 8.08. The van der Waals surface area contributed by atoms with Gasteiger partial charge >= 0.3 is 6.15 Å². The summed E-state index contributed by atoms with van der Waals surface area (Å²) in [6.45, 7) is 7.83. The number of benzene rings is 2. The van der Waals surface area contributed by atoms with Gasteiger partial charge in [0.25, 0.3) is 5.91 Å². The van der Waals surface area contributed by atoms with Crippen LogP contribution in [0.1, 0.15) is 46.8 Å². The maximum atomic E-state index is 11.8. The number of hydrogen-bond donors (Lipinski definition) is 2. The number of carbonyl (C=O) groups is 1. The van der Waals surface area contributed by atoms with Crippen LogP contribution < -0.4 is 10.1 Å². The fraction of sp³-hybridized carbons (Fsp3) is 0.300. The van der Waals surface area contributed by atoms with Crippen molar-refractivity contribution in [1.29, 1.82) is 0 Å². The molecule has 26 heavy (non-hydrogen) atoms. The number of rotatable bonds is 4.